The standard InChI is InChI=1S/C10H9F3O2/c1-6(15)7-3-2-4-8(9(7)11)10(12,13)5-14/h2-4,14H,5H2,1H3. The van der Waals surface area contributed by atoms with E-state index in [2.05, 4.69) is 0 Å². The Morgan fingerprint density at radius 3 is 2.53 bits per heavy atom. The van der Waals surface area contributed by atoms with Crippen molar-refractivity contribution in [3.05, 3.63) is 35.1 Å². The number of hydrogen-bond donors (Lipinski definition) is 1. The summed E-state index contributed by atoms with van der Waals surface area (Å²) in [4.78, 5) is 10.9. The van der Waals surface area contributed by atoms with Gasteiger partial charge in [-0.15, -0.1) is 0 Å². The Bertz CT molecular complexity index is 388. The molecule has 0 saturated carbocycles. The van der Waals surface area contributed by atoms with Crippen LogP contribution in [0.2, 0.25) is 0 Å². The van der Waals surface area contributed by atoms with Crippen molar-refractivity contribution in [3.63, 3.8) is 0 Å². The van der Waals surface area contributed by atoms with Crippen molar-refractivity contribution in [1.29, 1.82) is 0 Å². The van der Waals surface area contributed by atoms with Crippen LogP contribution in [0.15, 0.2) is 18.2 Å². The van der Waals surface area contributed by atoms with Gasteiger partial charge in [0.05, 0.1) is 11.1 Å². The van der Waals surface area contributed by atoms with Gasteiger partial charge in [-0.2, -0.15) is 8.78 Å². The molecular formula is C10H9F3O2. The molecule has 5 heteroatoms. The fourth-order valence-electron chi connectivity index (χ4n) is 1.17. The third-order valence-electron chi connectivity index (χ3n) is 1.97. The van der Waals surface area contributed by atoms with Crippen molar-refractivity contribution in [2.45, 2.75) is 12.8 Å². The van der Waals surface area contributed by atoms with E-state index in [0.717, 1.165) is 25.1 Å². The summed E-state index contributed by atoms with van der Waals surface area (Å²) in [6.45, 7) is -0.412. The van der Waals surface area contributed by atoms with Gasteiger partial charge in [0.25, 0.3) is 5.92 Å². The summed E-state index contributed by atoms with van der Waals surface area (Å²) in [7, 11) is 0. The molecule has 15 heavy (non-hydrogen) atoms. The van der Waals surface area contributed by atoms with Crippen molar-refractivity contribution in [2.24, 2.45) is 0 Å². The molecule has 0 aliphatic heterocycles. The molecular weight excluding hydrogens is 209 g/mol. The van der Waals surface area contributed by atoms with Gasteiger partial charge in [0.15, 0.2) is 5.78 Å². The maximum atomic E-state index is 13.4. The maximum Gasteiger partial charge on any atom is 0.298 e. The first kappa shape index (κ1) is 11.7. The summed E-state index contributed by atoms with van der Waals surface area (Å²) in [5.74, 6) is -5.58. The van der Waals surface area contributed by atoms with Crippen molar-refractivity contribution < 1.29 is 23.1 Å². The number of benzene rings is 1. The van der Waals surface area contributed by atoms with Crippen LogP contribution < -0.4 is 0 Å². The van der Waals surface area contributed by atoms with Crippen molar-refractivity contribution in [2.75, 3.05) is 6.61 Å². The van der Waals surface area contributed by atoms with Gasteiger partial charge < -0.3 is 5.11 Å². The Morgan fingerprint density at radius 1 is 1.47 bits per heavy atom. The lowest BCUT2D eigenvalue weighted by atomic mass is 10.0. The first-order chi connectivity index (χ1) is 6.90. The van der Waals surface area contributed by atoms with Gasteiger partial charge in [0, 0.05) is 0 Å². The molecule has 0 unspecified atom stereocenters. The average molecular weight is 218 g/mol. The van der Waals surface area contributed by atoms with Crippen LogP contribution in [0.5, 0.6) is 0 Å². The molecule has 0 aliphatic rings. The minimum atomic E-state index is -3.67. The summed E-state index contributed by atoms with van der Waals surface area (Å²) < 4.78 is 39.4. The zero-order chi connectivity index (χ0) is 11.6. The quantitative estimate of drug-likeness (QED) is 0.789. The number of aliphatic hydroxyl groups is 1. The molecule has 0 fully saturated rings. The zero-order valence-electron chi connectivity index (χ0n) is 7.93. The monoisotopic (exact) mass is 218 g/mol. The van der Waals surface area contributed by atoms with E-state index in [1.165, 1.54) is 0 Å². The first-order valence-corrected chi connectivity index (χ1v) is 4.18. The van der Waals surface area contributed by atoms with Crippen LogP contribution in [0.4, 0.5) is 13.2 Å². The Kier molecular flexibility index (Phi) is 3.14. The highest BCUT2D eigenvalue weighted by atomic mass is 19.3. The Morgan fingerprint density at radius 2 is 2.07 bits per heavy atom. The predicted molar refractivity (Wildman–Crippen MR) is 47.4 cm³/mol. The van der Waals surface area contributed by atoms with E-state index in [1.807, 2.05) is 0 Å². The Labute approximate surface area is 84.3 Å². The average Bonchev–Trinajstić information content (AvgIpc) is 2.17. The highest BCUT2D eigenvalue weighted by Gasteiger charge is 2.34. The van der Waals surface area contributed by atoms with E-state index in [0.29, 0.717) is 0 Å². The molecule has 1 N–H and O–H groups in total. The van der Waals surface area contributed by atoms with E-state index in [-0.39, 0.29) is 0 Å². The number of hydrogen-bond acceptors (Lipinski definition) is 2. The summed E-state index contributed by atoms with van der Waals surface area (Å²) in [6, 6.07) is 3.12. The van der Waals surface area contributed by atoms with Gasteiger partial charge in [0.2, 0.25) is 0 Å². The number of carbonyl (C=O) groups excluding carboxylic acids is 1. The van der Waals surface area contributed by atoms with Crippen LogP contribution in [0, 0.1) is 5.82 Å². The number of carbonyl (C=O) groups is 1. The van der Waals surface area contributed by atoms with Crippen molar-refractivity contribution in [3.8, 4) is 0 Å². The molecule has 0 radical (unpaired) electrons. The van der Waals surface area contributed by atoms with Crippen LogP contribution in [0.3, 0.4) is 0 Å². The molecule has 1 aromatic carbocycles. The summed E-state index contributed by atoms with van der Waals surface area (Å²) in [6.07, 6.45) is 0. The predicted octanol–water partition coefficient (Wildman–Crippen LogP) is 2.11. The van der Waals surface area contributed by atoms with Crippen LogP contribution in [0.25, 0.3) is 0 Å². The molecule has 1 aromatic rings. The highest BCUT2D eigenvalue weighted by Crippen LogP contribution is 2.30. The molecule has 0 aliphatic carbocycles. The van der Waals surface area contributed by atoms with Crippen molar-refractivity contribution in [1.82, 2.24) is 0 Å². The normalized spacial score (nSPS) is 11.5. The third kappa shape index (κ3) is 2.18. The largest absolute Gasteiger partial charge is 0.390 e. The lowest BCUT2D eigenvalue weighted by molar-refractivity contribution is -0.0583. The van der Waals surface area contributed by atoms with Crippen LogP contribution in [-0.2, 0) is 5.92 Å². The maximum absolute atomic E-state index is 13.4. The van der Waals surface area contributed by atoms with E-state index in [1.54, 1.807) is 0 Å². The van der Waals surface area contributed by atoms with Gasteiger partial charge in [-0.05, 0) is 19.1 Å². The second-order valence-electron chi connectivity index (χ2n) is 3.09. The fourth-order valence-corrected chi connectivity index (χ4v) is 1.17. The number of Topliss-reactive ketones (excluding diaryl/α,β-unsaturated/α-hetero) is 1. The third-order valence-corrected chi connectivity index (χ3v) is 1.97. The minimum Gasteiger partial charge on any atom is -0.390 e. The van der Waals surface area contributed by atoms with Gasteiger partial charge in [-0.25, -0.2) is 4.39 Å². The van der Waals surface area contributed by atoms with Crippen molar-refractivity contribution >= 4 is 5.78 Å². The van der Waals surface area contributed by atoms with Gasteiger partial charge in [-0.3, -0.25) is 4.79 Å². The number of aliphatic hydroxyl groups excluding tert-OH is 1. The molecule has 0 spiro atoms. The number of ketones is 1. The fraction of sp³-hybridized carbons (Fsp3) is 0.300. The number of alkyl halides is 2. The van der Waals surface area contributed by atoms with Gasteiger partial charge in [0.1, 0.15) is 12.4 Å². The van der Waals surface area contributed by atoms with E-state index < -0.39 is 35.3 Å². The molecule has 0 saturated heterocycles. The summed E-state index contributed by atoms with van der Waals surface area (Å²) in [5.41, 5.74) is -1.36. The SMILES string of the molecule is CC(=O)c1cccc(C(F)(F)CO)c1F. The number of rotatable bonds is 3. The second-order valence-corrected chi connectivity index (χ2v) is 3.09. The van der Waals surface area contributed by atoms with E-state index >= 15 is 0 Å². The second kappa shape index (κ2) is 4.02. The van der Waals surface area contributed by atoms with Gasteiger partial charge >= 0.3 is 0 Å². The summed E-state index contributed by atoms with van der Waals surface area (Å²) in [5, 5.41) is 8.40. The molecule has 0 bridgehead atoms. The molecule has 0 heterocycles. The minimum absolute atomic E-state index is 0.402. The molecule has 82 valence electrons. The topological polar surface area (TPSA) is 37.3 Å². The van der Waals surface area contributed by atoms with E-state index in [9.17, 15) is 18.0 Å². The smallest absolute Gasteiger partial charge is 0.298 e. The van der Waals surface area contributed by atoms with Crippen LogP contribution >= 0.6 is 0 Å². The number of halogens is 3. The zero-order valence-corrected chi connectivity index (χ0v) is 7.93. The summed E-state index contributed by atoms with van der Waals surface area (Å²) >= 11 is 0. The van der Waals surface area contributed by atoms with Crippen LogP contribution in [0.1, 0.15) is 22.8 Å². The lowest BCUT2D eigenvalue weighted by Gasteiger charge is -2.15. The Hall–Kier alpha value is -1.36. The molecule has 2 nitrogen and oxygen atoms in total. The highest BCUT2D eigenvalue weighted by molar-refractivity contribution is 5.94. The van der Waals surface area contributed by atoms with Gasteiger partial charge in [-0.1, -0.05) is 6.07 Å². The molecule has 0 atom stereocenters. The Balaban J connectivity index is 3.33. The molecule has 0 amide bonds. The molecule has 1 rings (SSSR count). The van der Waals surface area contributed by atoms with Crippen LogP contribution in [-0.4, -0.2) is 17.5 Å². The first-order valence-electron chi connectivity index (χ1n) is 4.18. The lowest BCUT2D eigenvalue weighted by Crippen LogP contribution is -2.21. The molecule has 0 aromatic heterocycles. The van der Waals surface area contributed by atoms with E-state index in [4.69, 9.17) is 5.11 Å².